The second kappa shape index (κ2) is 5.98. The molecule has 0 bridgehead atoms. The van der Waals surface area contributed by atoms with Crippen LogP contribution in [0.2, 0.25) is 0 Å². The van der Waals surface area contributed by atoms with Gasteiger partial charge in [-0.2, -0.15) is 11.3 Å². The molecular formula is C14H19N3S. The van der Waals surface area contributed by atoms with Crippen LogP contribution in [0.25, 0.3) is 0 Å². The van der Waals surface area contributed by atoms with Gasteiger partial charge in [-0.25, -0.2) is 0 Å². The predicted octanol–water partition coefficient (Wildman–Crippen LogP) is 3.19. The molecule has 0 saturated carbocycles. The topological polar surface area (TPSA) is 42.1 Å². The number of nitrogens with zero attached hydrogens (tertiary/aromatic N) is 2. The fourth-order valence-corrected chi connectivity index (χ4v) is 2.46. The van der Waals surface area contributed by atoms with Crippen LogP contribution in [0.1, 0.15) is 30.6 Å². The van der Waals surface area contributed by atoms with Gasteiger partial charge in [0.2, 0.25) is 0 Å². The Morgan fingerprint density at radius 3 is 2.78 bits per heavy atom. The first-order valence-corrected chi connectivity index (χ1v) is 7.08. The summed E-state index contributed by atoms with van der Waals surface area (Å²) in [5.41, 5.74) is 9.37. The van der Waals surface area contributed by atoms with E-state index in [0.29, 0.717) is 0 Å². The van der Waals surface area contributed by atoms with Gasteiger partial charge in [0.15, 0.2) is 0 Å². The maximum Gasteiger partial charge on any atom is 0.0572 e. The summed E-state index contributed by atoms with van der Waals surface area (Å²) >= 11 is 1.73. The lowest BCUT2D eigenvalue weighted by molar-refractivity contribution is 0.675. The molecule has 1 atom stereocenters. The molecule has 2 aromatic heterocycles. The summed E-state index contributed by atoms with van der Waals surface area (Å²) in [6, 6.07) is 6.30. The summed E-state index contributed by atoms with van der Waals surface area (Å²) in [5, 5.41) is 4.27. The summed E-state index contributed by atoms with van der Waals surface area (Å²) in [5.74, 6) is 0. The largest absolute Gasteiger partial charge is 0.369 e. The van der Waals surface area contributed by atoms with Crippen LogP contribution < -0.4 is 10.6 Å². The smallest absolute Gasteiger partial charge is 0.0572 e. The fraction of sp³-hybridized carbons (Fsp3) is 0.357. The maximum absolute atomic E-state index is 5.96. The van der Waals surface area contributed by atoms with Crippen molar-refractivity contribution in [2.75, 3.05) is 11.9 Å². The van der Waals surface area contributed by atoms with E-state index in [9.17, 15) is 0 Å². The first-order chi connectivity index (χ1) is 8.70. The molecule has 2 N–H and O–H groups in total. The lowest BCUT2D eigenvalue weighted by atomic mass is 10.1. The molecule has 0 amide bonds. The molecule has 0 aromatic carbocycles. The fourth-order valence-electron chi connectivity index (χ4n) is 1.80. The molecule has 3 nitrogen and oxygen atoms in total. The minimum atomic E-state index is 0.0428. The standard InChI is InChI=1S/C14H19N3S/c1-3-13(15)14-5-4-12(8-16-14)17(2)9-11-6-7-18-10-11/h4-8,10,13H,3,9,15H2,1-2H3. The summed E-state index contributed by atoms with van der Waals surface area (Å²) < 4.78 is 0. The third-order valence-corrected chi connectivity index (χ3v) is 3.76. The molecule has 1 unspecified atom stereocenters. The highest BCUT2D eigenvalue weighted by Gasteiger charge is 2.07. The Hall–Kier alpha value is -1.39. The van der Waals surface area contributed by atoms with Crippen LogP contribution in [-0.4, -0.2) is 12.0 Å². The molecule has 0 fully saturated rings. The number of nitrogens with two attached hydrogens (primary N) is 1. The third-order valence-electron chi connectivity index (χ3n) is 3.03. The molecule has 0 saturated heterocycles. The van der Waals surface area contributed by atoms with Crippen LogP contribution in [0.5, 0.6) is 0 Å². The van der Waals surface area contributed by atoms with Crippen molar-refractivity contribution in [1.29, 1.82) is 0 Å². The summed E-state index contributed by atoms with van der Waals surface area (Å²) in [6.45, 7) is 2.98. The van der Waals surface area contributed by atoms with Crippen LogP contribution in [0.4, 0.5) is 5.69 Å². The zero-order valence-corrected chi connectivity index (χ0v) is 11.7. The molecule has 0 aliphatic heterocycles. The molecule has 96 valence electrons. The van der Waals surface area contributed by atoms with Crippen LogP contribution >= 0.6 is 11.3 Å². The molecule has 4 heteroatoms. The summed E-state index contributed by atoms with van der Waals surface area (Å²) in [6.07, 6.45) is 2.81. The average Bonchev–Trinajstić information content (AvgIpc) is 2.91. The lowest BCUT2D eigenvalue weighted by Crippen LogP contribution is -2.17. The SMILES string of the molecule is CCC(N)c1ccc(N(C)Cc2ccsc2)cn1. The van der Waals surface area contributed by atoms with E-state index in [1.807, 2.05) is 12.3 Å². The summed E-state index contributed by atoms with van der Waals surface area (Å²) in [7, 11) is 2.08. The number of thiophene rings is 1. The number of pyridine rings is 1. The van der Waals surface area contributed by atoms with E-state index in [1.54, 1.807) is 11.3 Å². The number of aromatic nitrogens is 1. The van der Waals surface area contributed by atoms with E-state index in [0.717, 1.165) is 24.3 Å². The van der Waals surface area contributed by atoms with Crippen LogP contribution in [0, 0.1) is 0 Å². The zero-order valence-electron chi connectivity index (χ0n) is 10.8. The molecule has 0 radical (unpaired) electrons. The van der Waals surface area contributed by atoms with E-state index < -0.39 is 0 Å². The molecule has 2 heterocycles. The van der Waals surface area contributed by atoms with Crippen molar-refractivity contribution in [1.82, 2.24) is 4.98 Å². The van der Waals surface area contributed by atoms with Gasteiger partial charge in [0.05, 0.1) is 17.6 Å². The molecular weight excluding hydrogens is 242 g/mol. The van der Waals surface area contributed by atoms with E-state index in [-0.39, 0.29) is 6.04 Å². The Kier molecular flexibility index (Phi) is 4.33. The van der Waals surface area contributed by atoms with Crippen LogP contribution in [0.3, 0.4) is 0 Å². The highest BCUT2D eigenvalue weighted by molar-refractivity contribution is 7.07. The minimum absolute atomic E-state index is 0.0428. The maximum atomic E-state index is 5.96. The number of anilines is 1. The Labute approximate surface area is 112 Å². The van der Waals surface area contributed by atoms with Crippen molar-refractivity contribution in [2.24, 2.45) is 5.73 Å². The molecule has 2 aromatic rings. The van der Waals surface area contributed by atoms with Crippen molar-refractivity contribution in [3.63, 3.8) is 0 Å². The van der Waals surface area contributed by atoms with Crippen LogP contribution in [-0.2, 0) is 6.54 Å². The van der Waals surface area contributed by atoms with Gasteiger partial charge in [-0.05, 0) is 40.9 Å². The van der Waals surface area contributed by atoms with Crippen molar-refractivity contribution in [3.05, 3.63) is 46.4 Å². The van der Waals surface area contributed by atoms with Crippen molar-refractivity contribution >= 4 is 17.0 Å². The highest BCUT2D eigenvalue weighted by atomic mass is 32.1. The Morgan fingerprint density at radius 2 is 2.22 bits per heavy atom. The van der Waals surface area contributed by atoms with E-state index in [1.165, 1.54) is 5.56 Å². The van der Waals surface area contributed by atoms with Gasteiger partial charge >= 0.3 is 0 Å². The molecule has 0 spiro atoms. The monoisotopic (exact) mass is 261 g/mol. The van der Waals surface area contributed by atoms with Gasteiger partial charge in [-0.3, -0.25) is 4.98 Å². The number of hydrogen-bond donors (Lipinski definition) is 1. The van der Waals surface area contributed by atoms with E-state index >= 15 is 0 Å². The predicted molar refractivity (Wildman–Crippen MR) is 77.9 cm³/mol. The van der Waals surface area contributed by atoms with Gasteiger partial charge in [0.25, 0.3) is 0 Å². The molecule has 2 rings (SSSR count). The lowest BCUT2D eigenvalue weighted by Gasteiger charge is -2.19. The number of hydrogen-bond acceptors (Lipinski definition) is 4. The Morgan fingerprint density at radius 1 is 1.39 bits per heavy atom. The van der Waals surface area contributed by atoms with Gasteiger partial charge < -0.3 is 10.6 Å². The van der Waals surface area contributed by atoms with Gasteiger partial charge in [-0.15, -0.1) is 0 Å². The van der Waals surface area contributed by atoms with E-state index in [4.69, 9.17) is 5.73 Å². The second-order valence-corrected chi connectivity index (χ2v) is 5.22. The van der Waals surface area contributed by atoms with Gasteiger partial charge in [0, 0.05) is 19.6 Å². The van der Waals surface area contributed by atoms with Gasteiger partial charge in [-0.1, -0.05) is 6.92 Å². The number of rotatable bonds is 5. The minimum Gasteiger partial charge on any atom is -0.369 e. The Bertz CT molecular complexity index is 464. The van der Waals surface area contributed by atoms with Crippen molar-refractivity contribution in [3.8, 4) is 0 Å². The molecule has 18 heavy (non-hydrogen) atoms. The van der Waals surface area contributed by atoms with Gasteiger partial charge in [0.1, 0.15) is 0 Å². The zero-order chi connectivity index (χ0) is 13.0. The first kappa shape index (κ1) is 13.1. The first-order valence-electron chi connectivity index (χ1n) is 6.14. The third kappa shape index (κ3) is 3.09. The molecule has 0 aliphatic rings. The normalized spacial score (nSPS) is 12.4. The Balaban J connectivity index is 2.04. The average molecular weight is 261 g/mol. The summed E-state index contributed by atoms with van der Waals surface area (Å²) in [4.78, 5) is 6.63. The van der Waals surface area contributed by atoms with Crippen LogP contribution in [0.15, 0.2) is 35.2 Å². The van der Waals surface area contributed by atoms with Crippen molar-refractivity contribution < 1.29 is 0 Å². The van der Waals surface area contributed by atoms with E-state index in [2.05, 4.69) is 46.7 Å². The highest BCUT2D eigenvalue weighted by Crippen LogP contribution is 2.18. The second-order valence-electron chi connectivity index (χ2n) is 4.44. The quantitative estimate of drug-likeness (QED) is 0.898. The van der Waals surface area contributed by atoms with Crippen molar-refractivity contribution in [2.45, 2.75) is 25.9 Å². The molecule has 0 aliphatic carbocycles.